The molecule has 0 atom stereocenters. The van der Waals surface area contributed by atoms with Crippen LogP contribution in [0.2, 0.25) is 0 Å². The normalized spacial score (nSPS) is 11.1. The highest BCUT2D eigenvalue weighted by molar-refractivity contribution is 5.83. The van der Waals surface area contributed by atoms with E-state index in [1.807, 2.05) is 0 Å². The van der Waals surface area contributed by atoms with Crippen molar-refractivity contribution in [2.45, 2.75) is 6.92 Å². The van der Waals surface area contributed by atoms with Crippen LogP contribution in [0, 0.1) is 0 Å². The number of ether oxygens (including phenoxy) is 1. The zero-order valence-electron chi connectivity index (χ0n) is 17.8. The number of hydrogen-bond donors (Lipinski definition) is 3. The number of carboxylic acid groups (broad SMARTS) is 2. The molecule has 0 radical (unpaired) electrons. The van der Waals surface area contributed by atoms with Crippen LogP contribution in [-0.2, 0) is 28.7 Å². The van der Waals surface area contributed by atoms with Gasteiger partial charge in [-0.3, -0.25) is 38.7 Å². The van der Waals surface area contributed by atoms with Gasteiger partial charge in [0.1, 0.15) is 5.78 Å². The molecule has 0 rings (SSSR count). The van der Waals surface area contributed by atoms with Crippen LogP contribution in [0.4, 0.5) is 0 Å². The molecule has 0 aromatic rings. The monoisotopic (exact) mass is 432 g/mol. The number of ketones is 2. The number of aliphatic carboxylic acids is 2. The molecule has 0 heterocycles. The number of esters is 1. The molecule has 172 valence electrons. The van der Waals surface area contributed by atoms with Crippen molar-refractivity contribution >= 4 is 29.5 Å². The van der Waals surface area contributed by atoms with E-state index >= 15 is 0 Å². The van der Waals surface area contributed by atoms with E-state index < -0.39 is 17.9 Å². The average molecular weight is 432 g/mol. The molecule has 0 amide bonds. The summed E-state index contributed by atoms with van der Waals surface area (Å²) in [4.78, 5) is 61.6. The second-order valence-corrected chi connectivity index (χ2v) is 6.83. The van der Waals surface area contributed by atoms with E-state index in [2.05, 4.69) is 10.1 Å². The first-order chi connectivity index (χ1) is 14.1. The SMILES string of the molecule is CNCC(=O)CN(CCN(CCN(CC(C)=O)CC(=O)O)CC(=O)OC)CC(=O)O. The fourth-order valence-electron chi connectivity index (χ4n) is 2.71. The number of nitrogens with zero attached hydrogens (tertiary/aromatic N) is 3. The molecule has 0 unspecified atom stereocenters. The maximum atomic E-state index is 11.8. The van der Waals surface area contributed by atoms with Crippen molar-refractivity contribution in [1.29, 1.82) is 0 Å². The summed E-state index contributed by atoms with van der Waals surface area (Å²) in [5.74, 6) is -3.03. The number of carboxylic acids is 2. The van der Waals surface area contributed by atoms with E-state index in [4.69, 9.17) is 10.2 Å². The second kappa shape index (κ2) is 15.4. The van der Waals surface area contributed by atoms with E-state index in [0.29, 0.717) is 0 Å². The van der Waals surface area contributed by atoms with Crippen LogP contribution in [0.3, 0.4) is 0 Å². The minimum Gasteiger partial charge on any atom is -0.480 e. The maximum absolute atomic E-state index is 11.8. The topological polar surface area (TPSA) is 157 Å². The van der Waals surface area contributed by atoms with Gasteiger partial charge in [0, 0.05) is 26.2 Å². The van der Waals surface area contributed by atoms with E-state index in [9.17, 15) is 24.0 Å². The van der Waals surface area contributed by atoms with Crippen LogP contribution < -0.4 is 5.32 Å². The number of methoxy groups -OCH3 is 1. The lowest BCUT2D eigenvalue weighted by molar-refractivity contribution is -0.143. The predicted molar refractivity (Wildman–Crippen MR) is 106 cm³/mol. The summed E-state index contributed by atoms with van der Waals surface area (Å²) in [6, 6.07) is 0. The number of Topliss-reactive ketones (excluding diaryl/α,β-unsaturated/α-hetero) is 2. The van der Waals surface area contributed by atoms with Gasteiger partial charge in [-0.1, -0.05) is 0 Å². The van der Waals surface area contributed by atoms with Crippen LogP contribution in [0.25, 0.3) is 0 Å². The van der Waals surface area contributed by atoms with Crippen LogP contribution >= 0.6 is 0 Å². The maximum Gasteiger partial charge on any atom is 0.319 e. The molecule has 0 bridgehead atoms. The van der Waals surface area contributed by atoms with E-state index in [1.165, 1.54) is 23.8 Å². The first-order valence-corrected chi connectivity index (χ1v) is 9.40. The molecule has 0 spiro atoms. The molecule has 0 aliphatic heterocycles. The minimum atomic E-state index is -1.08. The van der Waals surface area contributed by atoms with Crippen LogP contribution in [0.15, 0.2) is 0 Å². The summed E-state index contributed by atoms with van der Waals surface area (Å²) in [6.45, 7) is 1.51. The van der Waals surface area contributed by atoms with Gasteiger partial charge in [0.15, 0.2) is 5.78 Å². The summed E-state index contributed by atoms with van der Waals surface area (Å²) in [7, 11) is 2.85. The lowest BCUT2D eigenvalue weighted by atomic mass is 10.3. The van der Waals surface area contributed by atoms with Crippen molar-refractivity contribution in [3.63, 3.8) is 0 Å². The highest BCUT2D eigenvalue weighted by Crippen LogP contribution is 1.98. The van der Waals surface area contributed by atoms with E-state index in [1.54, 1.807) is 11.9 Å². The highest BCUT2D eigenvalue weighted by atomic mass is 16.5. The molecule has 30 heavy (non-hydrogen) atoms. The van der Waals surface area contributed by atoms with Crippen molar-refractivity contribution in [3.05, 3.63) is 0 Å². The molecule has 12 heteroatoms. The number of hydrogen-bond acceptors (Lipinski definition) is 10. The van der Waals surface area contributed by atoms with Crippen LogP contribution in [0.5, 0.6) is 0 Å². The lowest BCUT2D eigenvalue weighted by Gasteiger charge is -2.28. The van der Waals surface area contributed by atoms with Gasteiger partial charge in [0.25, 0.3) is 0 Å². The summed E-state index contributed by atoms with van der Waals surface area (Å²) in [5, 5.41) is 20.8. The molecule has 0 saturated heterocycles. The van der Waals surface area contributed by atoms with Crippen molar-refractivity contribution in [3.8, 4) is 0 Å². The third-order valence-electron chi connectivity index (χ3n) is 3.98. The Morgan fingerprint density at radius 2 is 1.23 bits per heavy atom. The number of carbonyl (C=O) groups excluding carboxylic acids is 3. The van der Waals surface area contributed by atoms with Gasteiger partial charge in [-0.05, 0) is 14.0 Å². The molecule has 0 fully saturated rings. The zero-order valence-corrected chi connectivity index (χ0v) is 17.8. The zero-order chi connectivity index (χ0) is 23.1. The summed E-state index contributed by atoms with van der Waals surface area (Å²) < 4.78 is 4.67. The van der Waals surface area contributed by atoms with Crippen molar-refractivity contribution in [2.24, 2.45) is 0 Å². The summed E-state index contributed by atoms with van der Waals surface area (Å²) in [6.07, 6.45) is 0. The van der Waals surface area contributed by atoms with Crippen molar-refractivity contribution in [1.82, 2.24) is 20.0 Å². The molecule has 0 aliphatic rings. The van der Waals surface area contributed by atoms with Crippen molar-refractivity contribution < 1.29 is 38.9 Å². The van der Waals surface area contributed by atoms with Crippen LogP contribution in [0.1, 0.15) is 6.92 Å². The van der Waals surface area contributed by atoms with Crippen LogP contribution in [-0.4, -0.2) is 134 Å². The molecule has 12 nitrogen and oxygen atoms in total. The highest BCUT2D eigenvalue weighted by Gasteiger charge is 2.19. The first kappa shape index (κ1) is 27.6. The Bertz CT molecular complexity index is 583. The quantitative estimate of drug-likeness (QED) is 0.198. The number of carbonyl (C=O) groups is 5. The average Bonchev–Trinajstić information content (AvgIpc) is 2.62. The fourth-order valence-corrected chi connectivity index (χ4v) is 2.71. The first-order valence-electron chi connectivity index (χ1n) is 9.40. The third-order valence-corrected chi connectivity index (χ3v) is 3.98. The van der Waals surface area contributed by atoms with Gasteiger partial charge in [0.05, 0.1) is 46.4 Å². The van der Waals surface area contributed by atoms with Gasteiger partial charge < -0.3 is 20.3 Å². The Balaban J connectivity index is 5.03. The second-order valence-electron chi connectivity index (χ2n) is 6.83. The third kappa shape index (κ3) is 14.6. The number of nitrogens with one attached hydrogen (secondary N) is 1. The van der Waals surface area contributed by atoms with Gasteiger partial charge >= 0.3 is 17.9 Å². The molecular weight excluding hydrogens is 400 g/mol. The van der Waals surface area contributed by atoms with Crippen molar-refractivity contribution in [2.75, 3.05) is 79.6 Å². The Kier molecular flexibility index (Phi) is 14.2. The van der Waals surface area contributed by atoms with E-state index in [0.717, 1.165) is 0 Å². The molecular formula is C18H32N4O8. The lowest BCUT2D eigenvalue weighted by Crippen LogP contribution is -2.46. The van der Waals surface area contributed by atoms with Gasteiger partial charge in [-0.2, -0.15) is 0 Å². The summed E-state index contributed by atoms with van der Waals surface area (Å²) >= 11 is 0. The summed E-state index contributed by atoms with van der Waals surface area (Å²) in [5.41, 5.74) is 0. The Morgan fingerprint density at radius 1 is 0.767 bits per heavy atom. The predicted octanol–water partition coefficient (Wildman–Crippen LogP) is -2.39. The molecule has 0 aliphatic carbocycles. The largest absolute Gasteiger partial charge is 0.480 e. The van der Waals surface area contributed by atoms with Gasteiger partial charge in [-0.15, -0.1) is 0 Å². The molecule has 3 N–H and O–H groups in total. The number of rotatable bonds is 18. The van der Waals surface area contributed by atoms with Gasteiger partial charge in [0.2, 0.25) is 0 Å². The molecule has 0 aromatic heterocycles. The smallest absolute Gasteiger partial charge is 0.319 e. The Labute approximate surface area is 175 Å². The minimum absolute atomic E-state index is 0.0397. The molecule has 0 aromatic carbocycles. The molecule has 0 saturated carbocycles. The fraction of sp³-hybridized carbons (Fsp3) is 0.722. The van der Waals surface area contributed by atoms with Gasteiger partial charge in [-0.25, -0.2) is 0 Å². The van der Waals surface area contributed by atoms with E-state index in [-0.39, 0.29) is 77.0 Å². The Hall–Kier alpha value is -2.41. The standard InChI is InChI=1S/C18H32N4O8/c1-14(23)9-21(11-16(25)26)6-4-20(13-18(29)30-3)5-7-22(12-17(27)28)10-15(24)8-19-2/h19H,4-13H2,1-3H3,(H,25,26)(H,27,28). The Morgan fingerprint density at radius 3 is 1.63 bits per heavy atom. The number of likely N-dealkylation sites (N-methyl/N-ethyl adjacent to an activating group) is 1.